The second-order valence-corrected chi connectivity index (χ2v) is 17.1. The fourth-order valence-corrected chi connectivity index (χ4v) is 7.21. The van der Waals surface area contributed by atoms with E-state index in [2.05, 4.69) is 62.5 Å². The Bertz CT molecular complexity index is 1400. The molecule has 1 unspecified atom stereocenters. The van der Waals surface area contributed by atoms with Crippen molar-refractivity contribution < 1.29 is 52.6 Å². The molecule has 0 aliphatic carbocycles. The van der Waals surface area contributed by atoms with E-state index in [-0.39, 0.29) is 44.6 Å². The van der Waals surface area contributed by atoms with Crippen LogP contribution in [0, 0.1) is 0 Å². The van der Waals surface area contributed by atoms with Crippen LogP contribution in [-0.4, -0.2) is 88.6 Å². The Morgan fingerprint density at radius 2 is 1.30 bits per heavy atom. The maximum absolute atomic E-state index is 12.9. The van der Waals surface area contributed by atoms with Gasteiger partial charge in [0.15, 0.2) is 6.10 Å². The molecule has 0 heterocycles. The summed E-state index contributed by atoms with van der Waals surface area (Å²) in [5, 5.41) is 19.4. The molecule has 7 N–H and O–H groups in total. The van der Waals surface area contributed by atoms with Crippen LogP contribution in [0.25, 0.3) is 0 Å². The molecule has 61 heavy (non-hydrogen) atoms. The lowest BCUT2D eigenvalue weighted by molar-refractivity contribution is -0.161. The number of allylic oxidation sites excluding steroid dienone is 13. The van der Waals surface area contributed by atoms with Crippen LogP contribution in [0.1, 0.15) is 129 Å². The van der Waals surface area contributed by atoms with Crippen molar-refractivity contribution in [2.24, 2.45) is 11.5 Å². The molecule has 0 fully saturated rings. The van der Waals surface area contributed by atoms with Gasteiger partial charge in [0.2, 0.25) is 0 Å². The Morgan fingerprint density at radius 3 is 1.89 bits per heavy atom. The minimum absolute atomic E-state index is 0.0238. The van der Waals surface area contributed by atoms with Crippen molar-refractivity contribution in [3.8, 4) is 0 Å². The highest BCUT2D eigenvalue weighted by Gasteiger charge is 2.27. The number of esters is 2. The quantitative estimate of drug-likeness (QED) is 0.0127. The molecule has 0 bridgehead atoms. The number of carbonyl (C=O) groups excluding carboxylic acids is 2. The number of aliphatic hydroxyl groups excluding tert-OH is 1. The summed E-state index contributed by atoms with van der Waals surface area (Å²) in [6.07, 6.45) is 40.9. The van der Waals surface area contributed by atoms with Crippen LogP contribution in [0.5, 0.6) is 0 Å². The van der Waals surface area contributed by atoms with Crippen LogP contribution in [-0.2, 0) is 37.5 Å². The van der Waals surface area contributed by atoms with Crippen LogP contribution in [0.2, 0.25) is 0 Å². The minimum Gasteiger partial charge on any atom is -0.481 e. The van der Waals surface area contributed by atoms with Gasteiger partial charge in [0.1, 0.15) is 12.6 Å². The van der Waals surface area contributed by atoms with Gasteiger partial charge in [-0.2, -0.15) is 0 Å². The van der Waals surface area contributed by atoms with Gasteiger partial charge in [-0.15, -0.1) is 11.8 Å². The van der Waals surface area contributed by atoms with Gasteiger partial charge in [0, 0.05) is 30.4 Å². The molecular formula is C46H77N2O11PS. The van der Waals surface area contributed by atoms with Gasteiger partial charge in [-0.05, 0) is 77.0 Å². The number of carboxylic acid groups (broad SMARTS) is 1. The van der Waals surface area contributed by atoms with Crippen LogP contribution in [0.15, 0.2) is 85.1 Å². The largest absolute Gasteiger partial charge is 0.481 e. The van der Waals surface area contributed by atoms with Crippen molar-refractivity contribution in [2.75, 3.05) is 32.1 Å². The lowest BCUT2D eigenvalue weighted by Crippen LogP contribution is -2.38. The number of ether oxygens (including phenoxy) is 2. The van der Waals surface area contributed by atoms with Crippen LogP contribution in [0.3, 0.4) is 0 Å². The fourth-order valence-electron chi connectivity index (χ4n) is 5.32. The highest BCUT2D eigenvalue weighted by Crippen LogP contribution is 2.43. The molecule has 0 spiro atoms. The molecule has 348 valence electrons. The number of hydrogen-bond donors (Lipinski definition) is 5. The third-order valence-electron chi connectivity index (χ3n) is 8.75. The molecule has 0 aromatic carbocycles. The zero-order chi connectivity index (χ0) is 45.2. The lowest BCUT2D eigenvalue weighted by Gasteiger charge is -2.22. The van der Waals surface area contributed by atoms with Crippen LogP contribution in [0.4, 0.5) is 0 Å². The number of unbranched alkanes of at least 4 members (excludes halogenated alkanes) is 8. The maximum Gasteiger partial charge on any atom is 0.472 e. The molecule has 0 aliphatic heterocycles. The molecule has 0 saturated carbocycles. The average molecular weight is 897 g/mol. The smallest absolute Gasteiger partial charge is 0.472 e. The summed E-state index contributed by atoms with van der Waals surface area (Å²) in [4.78, 5) is 46.6. The van der Waals surface area contributed by atoms with Gasteiger partial charge >= 0.3 is 25.7 Å². The summed E-state index contributed by atoms with van der Waals surface area (Å²) in [6.45, 7) is 3.02. The zero-order valence-electron chi connectivity index (χ0n) is 36.8. The topological polar surface area (TPSA) is 218 Å². The Kier molecular flexibility index (Phi) is 38.9. The van der Waals surface area contributed by atoms with Gasteiger partial charge in [0.25, 0.3) is 0 Å². The van der Waals surface area contributed by atoms with Crippen molar-refractivity contribution in [1.82, 2.24) is 0 Å². The van der Waals surface area contributed by atoms with Crippen molar-refractivity contribution in [2.45, 2.75) is 153 Å². The summed E-state index contributed by atoms with van der Waals surface area (Å²) in [7, 11) is -4.53. The monoisotopic (exact) mass is 896 g/mol. The van der Waals surface area contributed by atoms with Crippen molar-refractivity contribution in [3.05, 3.63) is 85.1 Å². The first-order chi connectivity index (χ1) is 29.4. The number of phosphoric ester groups is 1. The van der Waals surface area contributed by atoms with Crippen molar-refractivity contribution >= 4 is 37.5 Å². The third kappa shape index (κ3) is 38.3. The number of aliphatic carboxylic acids is 1. The molecule has 0 aliphatic rings. The van der Waals surface area contributed by atoms with E-state index in [1.165, 1.54) is 50.3 Å². The van der Waals surface area contributed by atoms with Gasteiger partial charge in [-0.1, -0.05) is 125 Å². The molecular weight excluding hydrogens is 820 g/mol. The summed E-state index contributed by atoms with van der Waals surface area (Å²) >= 11 is 1.21. The molecule has 0 radical (unpaired) electrons. The molecule has 0 aromatic rings. The maximum atomic E-state index is 12.9. The molecule has 0 amide bonds. The van der Waals surface area contributed by atoms with Gasteiger partial charge in [-0.3, -0.25) is 23.4 Å². The number of carbonyl (C=O) groups is 3. The highest BCUT2D eigenvalue weighted by atomic mass is 32.2. The van der Waals surface area contributed by atoms with Gasteiger partial charge in [0.05, 0.1) is 19.3 Å². The number of nitrogens with two attached hydrogens (primary N) is 2. The minimum atomic E-state index is -4.53. The standard InChI is InChI=1S/C46H77N2O11PS/c1-3-5-7-9-11-13-15-17-18-19-21-23-25-27-29-34-45(52)59-40(38-58-60(54,55)57-36-35-47)37-56-46(53)41(48)39-61-43(42(49)31-30-33-44(50)51)32-28-26-24-22-20-16-14-12-10-8-6-4-2/h11-14,17-18,20-24,26,28,32,40-43,49H,3-10,15-16,19,25,27,29-31,33-39,47-48H2,1-2H3,(H,50,51)(H,54,55)/b13-11-,14-12-,18-17-,22-20-,23-21-,26-24+,32-28+/t40-,41+,42+,43-/m1/s1. The number of hydrogen-bond acceptors (Lipinski definition) is 12. The summed E-state index contributed by atoms with van der Waals surface area (Å²) < 4.78 is 32.8. The zero-order valence-corrected chi connectivity index (χ0v) is 38.5. The predicted octanol–water partition coefficient (Wildman–Crippen LogP) is 9.36. The molecule has 15 heteroatoms. The molecule has 5 atom stereocenters. The summed E-state index contributed by atoms with van der Waals surface area (Å²) in [6, 6.07) is -1.14. The second-order valence-electron chi connectivity index (χ2n) is 14.4. The third-order valence-corrected chi connectivity index (χ3v) is 11.1. The molecule has 0 saturated heterocycles. The first kappa shape index (κ1) is 57.9. The molecule has 13 nitrogen and oxygen atoms in total. The van der Waals surface area contributed by atoms with E-state index in [1.807, 2.05) is 24.3 Å². The summed E-state index contributed by atoms with van der Waals surface area (Å²) in [5.74, 6) is -2.34. The van der Waals surface area contributed by atoms with Crippen LogP contribution >= 0.6 is 19.6 Å². The Hall–Kier alpha value is -3.07. The van der Waals surface area contributed by atoms with Crippen molar-refractivity contribution in [3.63, 3.8) is 0 Å². The Labute approximate surface area is 370 Å². The normalized spacial score (nSPS) is 15.5. The number of rotatable bonds is 40. The van der Waals surface area contributed by atoms with E-state index in [0.29, 0.717) is 6.42 Å². The number of aliphatic hydroxyl groups is 1. The van der Waals surface area contributed by atoms with E-state index in [9.17, 15) is 28.9 Å². The fraction of sp³-hybridized carbons (Fsp3) is 0.630. The SMILES string of the molecule is CCCCC/C=C\C\C=C/C=C/C=C/[C@@H](SC[C@H](N)C(=O)OC[C@H](COP(=O)(O)OCCN)OC(=O)CCCC/C=C\C/C=C\C/C=C\CCCCC)[C@@H](O)CCCC(=O)O. The highest BCUT2D eigenvalue weighted by molar-refractivity contribution is 8.00. The van der Waals surface area contributed by atoms with E-state index in [4.69, 9.17) is 35.1 Å². The Balaban J connectivity index is 5.16. The van der Waals surface area contributed by atoms with Gasteiger partial charge in [-0.25, -0.2) is 4.57 Å². The second kappa shape index (κ2) is 41.0. The first-order valence-corrected chi connectivity index (χ1v) is 24.5. The number of carboxylic acids is 1. The van der Waals surface area contributed by atoms with E-state index in [1.54, 1.807) is 12.2 Å². The van der Waals surface area contributed by atoms with E-state index >= 15 is 0 Å². The number of phosphoric acid groups is 1. The van der Waals surface area contributed by atoms with E-state index < -0.39 is 62.4 Å². The number of thioether (sulfide) groups is 1. The van der Waals surface area contributed by atoms with E-state index in [0.717, 1.165) is 44.9 Å². The predicted molar refractivity (Wildman–Crippen MR) is 248 cm³/mol. The first-order valence-electron chi connectivity index (χ1n) is 22.0. The lowest BCUT2D eigenvalue weighted by atomic mass is 10.1. The summed E-state index contributed by atoms with van der Waals surface area (Å²) in [5.41, 5.74) is 11.5. The molecule has 0 rings (SSSR count). The Morgan fingerprint density at radius 1 is 0.721 bits per heavy atom. The average Bonchev–Trinajstić information content (AvgIpc) is 3.23. The molecule has 0 aromatic heterocycles. The van der Waals surface area contributed by atoms with Gasteiger partial charge < -0.3 is 36.0 Å². The van der Waals surface area contributed by atoms with Crippen LogP contribution < -0.4 is 11.5 Å². The van der Waals surface area contributed by atoms with Crippen molar-refractivity contribution in [1.29, 1.82) is 0 Å².